The van der Waals surface area contributed by atoms with Crippen LogP contribution in [0.25, 0.3) is 0 Å². The summed E-state index contributed by atoms with van der Waals surface area (Å²) >= 11 is 0. The molecule has 0 aromatic heterocycles. The van der Waals surface area contributed by atoms with Gasteiger partial charge in [-0.1, -0.05) is 91.9 Å². The highest BCUT2D eigenvalue weighted by atomic mass is 16.4. The zero-order chi connectivity index (χ0) is 28.1. The second-order valence-electron chi connectivity index (χ2n) is 11.2. The summed E-state index contributed by atoms with van der Waals surface area (Å²) in [6.07, 6.45) is 20.5. The number of carbonyl (C=O) groups is 3. The van der Waals surface area contributed by atoms with Crippen LogP contribution in [0.5, 0.6) is 0 Å². The Kier molecular flexibility index (Phi) is 20.0. The predicted molar refractivity (Wildman–Crippen MR) is 147 cm³/mol. The molecule has 0 aliphatic carbocycles. The SMILES string of the molecule is CCCCCCCCCCCCC/C=C/[N+](CCC(C)C(=O)[O-])(CCC(C)C(=O)O)CCC(C)C(=O)O. The Morgan fingerprint density at radius 2 is 1.05 bits per heavy atom. The van der Waals surface area contributed by atoms with Gasteiger partial charge in [0.2, 0.25) is 0 Å². The number of carboxylic acid groups (broad SMARTS) is 3. The van der Waals surface area contributed by atoms with E-state index in [1.807, 2.05) is 0 Å². The molecule has 0 amide bonds. The Bertz CT molecular complexity index is 603. The molecule has 0 rings (SSSR count). The monoisotopic (exact) mass is 525 g/mol. The van der Waals surface area contributed by atoms with Gasteiger partial charge in [-0.25, -0.2) is 0 Å². The second-order valence-corrected chi connectivity index (χ2v) is 11.2. The molecule has 7 heteroatoms. The molecule has 3 unspecified atom stereocenters. The summed E-state index contributed by atoms with van der Waals surface area (Å²) in [5, 5.41) is 30.1. The minimum Gasteiger partial charge on any atom is -0.550 e. The predicted octanol–water partition coefficient (Wildman–Crippen LogP) is 6.02. The topological polar surface area (TPSA) is 115 Å². The molecule has 0 aromatic carbocycles. The summed E-state index contributed by atoms with van der Waals surface area (Å²) in [4.78, 5) is 34.2. The first kappa shape index (κ1) is 35.1. The van der Waals surface area contributed by atoms with Crippen LogP contribution in [0.2, 0.25) is 0 Å². The van der Waals surface area contributed by atoms with Crippen LogP contribution >= 0.6 is 0 Å². The summed E-state index contributed by atoms with van der Waals surface area (Å²) in [6, 6.07) is 0. The van der Waals surface area contributed by atoms with Gasteiger partial charge in [-0.05, 0) is 18.9 Å². The first-order valence-electron chi connectivity index (χ1n) is 14.7. The van der Waals surface area contributed by atoms with E-state index in [0.717, 1.165) is 12.8 Å². The lowest BCUT2D eigenvalue weighted by Gasteiger charge is -2.37. The Morgan fingerprint density at radius 1 is 0.676 bits per heavy atom. The van der Waals surface area contributed by atoms with Crippen molar-refractivity contribution in [2.75, 3.05) is 19.6 Å². The molecule has 0 heterocycles. The lowest BCUT2D eigenvalue weighted by molar-refractivity contribution is -0.881. The van der Waals surface area contributed by atoms with Gasteiger partial charge in [0.15, 0.2) is 0 Å². The molecule has 2 N–H and O–H groups in total. The van der Waals surface area contributed by atoms with Crippen LogP contribution in [-0.2, 0) is 14.4 Å². The van der Waals surface area contributed by atoms with Crippen LogP contribution in [0.1, 0.15) is 124 Å². The highest BCUT2D eigenvalue weighted by molar-refractivity contribution is 5.69. The highest BCUT2D eigenvalue weighted by Crippen LogP contribution is 2.21. The molecule has 0 saturated heterocycles. The van der Waals surface area contributed by atoms with E-state index in [-0.39, 0.29) is 0 Å². The molecule has 0 saturated carbocycles. The number of carboxylic acids is 3. The van der Waals surface area contributed by atoms with Gasteiger partial charge in [0.1, 0.15) is 0 Å². The maximum absolute atomic E-state index is 11.4. The summed E-state index contributed by atoms with van der Waals surface area (Å²) in [6.45, 7) is 8.81. The van der Waals surface area contributed by atoms with Crippen molar-refractivity contribution in [1.29, 1.82) is 0 Å². The number of aliphatic carboxylic acids is 3. The van der Waals surface area contributed by atoms with E-state index in [1.54, 1.807) is 20.8 Å². The average Bonchev–Trinajstić information content (AvgIpc) is 2.86. The third kappa shape index (κ3) is 18.1. The zero-order valence-electron chi connectivity index (χ0n) is 24.1. The maximum Gasteiger partial charge on any atom is 0.306 e. The van der Waals surface area contributed by atoms with Gasteiger partial charge in [-0.3, -0.25) is 14.1 Å². The normalized spacial score (nSPS) is 15.8. The van der Waals surface area contributed by atoms with E-state index in [4.69, 9.17) is 0 Å². The number of nitrogens with zero attached hydrogens (tertiary/aromatic N) is 1. The molecule has 37 heavy (non-hydrogen) atoms. The fourth-order valence-corrected chi connectivity index (χ4v) is 4.50. The van der Waals surface area contributed by atoms with Gasteiger partial charge in [-0.2, -0.15) is 0 Å². The van der Waals surface area contributed by atoms with Gasteiger partial charge >= 0.3 is 11.9 Å². The number of carbonyl (C=O) groups excluding carboxylic acids is 1. The van der Waals surface area contributed by atoms with Gasteiger partial charge in [-0.15, -0.1) is 0 Å². The van der Waals surface area contributed by atoms with Crippen LogP contribution in [-0.4, -0.2) is 52.2 Å². The molecule has 0 spiro atoms. The lowest BCUT2D eigenvalue weighted by Crippen LogP contribution is -2.48. The molecule has 0 aliphatic heterocycles. The number of unbranched alkanes of at least 4 members (excludes halogenated alkanes) is 11. The molecule has 0 fully saturated rings. The zero-order valence-corrected chi connectivity index (χ0v) is 24.1. The first-order chi connectivity index (χ1) is 17.5. The standard InChI is InChI=1S/C30H55NO6/c1-5-6-7-8-9-10-11-12-13-14-15-16-17-21-31(22-18-25(2)28(32)33,23-19-26(3)29(34)35)24-20-27(4)30(36)37/h17,21,25-27H,5-16,18-20,22-24H2,1-4H3,(H2-,32,33,34,35,36,37)/b21-17+. The molecule has 0 aromatic rings. The third-order valence-corrected chi connectivity index (χ3v) is 7.66. The van der Waals surface area contributed by atoms with Gasteiger partial charge < -0.3 is 20.1 Å². The number of quaternary nitrogens is 1. The summed E-state index contributed by atoms with van der Waals surface area (Å²) in [7, 11) is 0. The molecule has 0 radical (unpaired) electrons. The van der Waals surface area contributed by atoms with Crippen LogP contribution in [0.4, 0.5) is 0 Å². The average molecular weight is 526 g/mol. The Labute approximate surface area is 225 Å². The van der Waals surface area contributed by atoms with Crippen LogP contribution in [0.15, 0.2) is 12.3 Å². The van der Waals surface area contributed by atoms with Crippen molar-refractivity contribution in [2.24, 2.45) is 17.8 Å². The Balaban J connectivity index is 4.97. The molecule has 0 aliphatic rings. The minimum absolute atomic E-state index is 0.397. The Morgan fingerprint density at radius 3 is 1.43 bits per heavy atom. The van der Waals surface area contributed by atoms with Crippen molar-refractivity contribution >= 4 is 17.9 Å². The van der Waals surface area contributed by atoms with Crippen molar-refractivity contribution in [3.8, 4) is 0 Å². The van der Waals surface area contributed by atoms with E-state index in [0.29, 0.717) is 43.4 Å². The van der Waals surface area contributed by atoms with E-state index < -0.39 is 35.7 Å². The molecule has 3 atom stereocenters. The van der Waals surface area contributed by atoms with Crippen molar-refractivity contribution < 1.29 is 34.2 Å². The quantitative estimate of drug-likeness (QED) is 0.111. The second kappa shape index (κ2) is 21.1. The smallest absolute Gasteiger partial charge is 0.306 e. The van der Waals surface area contributed by atoms with E-state index in [9.17, 15) is 29.7 Å². The van der Waals surface area contributed by atoms with Gasteiger partial charge in [0, 0.05) is 31.1 Å². The fourth-order valence-electron chi connectivity index (χ4n) is 4.50. The molecular formula is C30H55NO6. The fraction of sp³-hybridized carbons (Fsp3) is 0.833. The van der Waals surface area contributed by atoms with E-state index >= 15 is 0 Å². The summed E-state index contributed by atoms with van der Waals surface area (Å²) < 4.78 is 0.408. The maximum atomic E-state index is 11.4. The summed E-state index contributed by atoms with van der Waals surface area (Å²) in [5.74, 6) is -4.47. The first-order valence-corrected chi connectivity index (χ1v) is 14.7. The van der Waals surface area contributed by atoms with Crippen LogP contribution in [0.3, 0.4) is 0 Å². The number of hydrogen-bond acceptors (Lipinski definition) is 4. The number of rotatable bonds is 25. The molecular weight excluding hydrogens is 470 g/mol. The van der Waals surface area contributed by atoms with Crippen molar-refractivity contribution in [2.45, 2.75) is 124 Å². The van der Waals surface area contributed by atoms with Crippen LogP contribution < -0.4 is 5.11 Å². The van der Waals surface area contributed by atoms with Crippen LogP contribution in [0, 0.1) is 17.8 Å². The largest absolute Gasteiger partial charge is 0.550 e. The van der Waals surface area contributed by atoms with Crippen molar-refractivity contribution in [3.63, 3.8) is 0 Å². The van der Waals surface area contributed by atoms with E-state index in [1.165, 1.54) is 64.2 Å². The summed E-state index contributed by atoms with van der Waals surface area (Å²) in [5.41, 5.74) is 0. The number of allylic oxidation sites excluding steroid dienone is 1. The van der Waals surface area contributed by atoms with Crippen molar-refractivity contribution in [3.05, 3.63) is 12.3 Å². The number of hydrogen-bond donors (Lipinski definition) is 2. The molecule has 0 bridgehead atoms. The lowest BCUT2D eigenvalue weighted by atomic mass is 10.0. The highest BCUT2D eigenvalue weighted by Gasteiger charge is 2.29. The minimum atomic E-state index is -1.10. The Hall–Kier alpha value is -1.89. The molecule has 7 nitrogen and oxygen atoms in total. The van der Waals surface area contributed by atoms with Gasteiger partial charge in [0.05, 0.1) is 37.7 Å². The van der Waals surface area contributed by atoms with Crippen molar-refractivity contribution in [1.82, 2.24) is 0 Å². The van der Waals surface area contributed by atoms with E-state index in [2.05, 4.69) is 19.2 Å². The molecule has 216 valence electrons. The third-order valence-electron chi connectivity index (χ3n) is 7.66. The van der Waals surface area contributed by atoms with Gasteiger partial charge in [0.25, 0.3) is 0 Å².